The van der Waals surface area contributed by atoms with E-state index < -0.39 is 0 Å². The van der Waals surface area contributed by atoms with E-state index in [1.165, 1.54) is 0 Å². The zero-order chi connectivity index (χ0) is 10.8. The lowest BCUT2D eigenvalue weighted by molar-refractivity contribution is -0.143. The van der Waals surface area contributed by atoms with Gasteiger partial charge in [-0.2, -0.15) is 0 Å². The van der Waals surface area contributed by atoms with Crippen molar-refractivity contribution in [3.63, 3.8) is 0 Å². The average Bonchev–Trinajstić information content (AvgIpc) is 2.13. The summed E-state index contributed by atoms with van der Waals surface area (Å²) in [5.74, 6) is 5.63. The smallest absolute Gasteiger partial charge is 0.307 e. The second-order valence-electron chi connectivity index (χ2n) is 3.04. The van der Waals surface area contributed by atoms with Gasteiger partial charge in [-0.25, -0.2) is 0 Å². The molecule has 0 aliphatic carbocycles. The van der Waals surface area contributed by atoms with Crippen LogP contribution >= 0.6 is 0 Å². The number of hydrogen-bond donors (Lipinski definition) is 1. The van der Waals surface area contributed by atoms with Crippen LogP contribution in [0, 0.1) is 11.8 Å². The Morgan fingerprint density at radius 3 is 2.86 bits per heavy atom. The molecule has 1 unspecified atom stereocenters. The van der Waals surface area contributed by atoms with Gasteiger partial charge in [-0.1, -0.05) is 0 Å². The maximum absolute atomic E-state index is 11.1. The molecule has 0 heterocycles. The van der Waals surface area contributed by atoms with E-state index in [1.54, 1.807) is 0 Å². The molecule has 0 aromatic rings. The summed E-state index contributed by atoms with van der Waals surface area (Å²) in [6, 6.07) is 0.160. The van der Waals surface area contributed by atoms with Crippen molar-refractivity contribution >= 4 is 5.97 Å². The standard InChI is InChI=1S/C11H19NO2/c1-4-6-7-8-12-10(3)9-11(13)14-5-2/h10,12H,5,7-9H2,1-3H3. The van der Waals surface area contributed by atoms with Gasteiger partial charge in [0, 0.05) is 19.0 Å². The molecule has 14 heavy (non-hydrogen) atoms. The summed E-state index contributed by atoms with van der Waals surface area (Å²) < 4.78 is 4.83. The maximum atomic E-state index is 11.1. The lowest BCUT2D eigenvalue weighted by Crippen LogP contribution is -2.29. The zero-order valence-electron chi connectivity index (χ0n) is 9.22. The summed E-state index contributed by atoms with van der Waals surface area (Å²) >= 11 is 0. The van der Waals surface area contributed by atoms with Gasteiger partial charge < -0.3 is 10.1 Å². The fraction of sp³-hybridized carbons (Fsp3) is 0.727. The Morgan fingerprint density at radius 2 is 2.29 bits per heavy atom. The minimum atomic E-state index is -0.144. The molecule has 1 N–H and O–H groups in total. The molecule has 0 rings (SSSR count). The van der Waals surface area contributed by atoms with Crippen molar-refractivity contribution in [2.45, 2.75) is 39.7 Å². The van der Waals surface area contributed by atoms with E-state index in [0.29, 0.717) is 13.0 Å². The van der Waals surface area contributed by atoms with Crippen LogP contribution in [0.4, 0.5) is 0 Å². The van der Waals surface area contributed by atoms with Crippen LogP contribution in [0.1, 0.15) is 33.6 Å². The predicted octanol–water partition coefficient (Wildman–Crippen LogP) is 1.33. The van der Waals surface area contributed by atoms with Crippen LogP contribution in [0.3, 0.4) is 0 Å². The number of hydrogen-bond acceptors (Lipinski definition) is 3. The second-order valence-corrected chi connectivity index (χ2v) is 3.04. The Morgan fingerprint density at radius 1 is 1.57 bits per heavy atom. The van der Waals surface area contributed by atoms with E-state index in [0.717, 1.165) is 13.0 Å². The van der Waals surface area contributed by atoms with Crippen LogP contribution in [-0.2, 0) is 9.53 Å². The van der Waals surface area contributed by atoms with Crippen molar-refractivity contribution in [3.05, 3.63) is 0 Å². The number of carbonyl (C=O) groups is 1. The Hall–Kier alpha value is -1.01. The molecule has 0 aliphatic rings. The van der Waals surface area contributed by atoms with Crippen molar-refractivity contribution in [1.82, 2.24) is 5.32 Å². The molecule has 0 radical (unpaired) electrons. The molecule has 0 amide bonds. The number of carbonyl (C=O) groups excluding carboxylic acids is 1. The molecule has 0 saturated heterocycles. The third-order valence-electron chi connectivity index (χ3n) is 1.70. The van der Waals surface area contributed by atoms with Crippen molar-refractivity contribution in [3.8, 4) is 11.8 Å². The van der Waals surface area contributed by atoms with Crippen molar-refractivity contribution < 1.29 is 9.53 Å². The highest BCUT2D eigenvalue weighted by atomic mass is 16.5. The van der Waals surface area contributed by atoms with Gasteiger partial charge in [0.05, 0.1) is 13.0 Å². The lowest BCUT2D eigenvalue weighted by atomic mass is 10.2. The lowest BCUT2D eigenvalue weighted by Gasteiger charge is -2.11. The quantitative estimate of drug-likeness (QED) is 0.396. The van der Waals surface area contributed by atoms with Gasteiger partial charge in [0.25, 0.3) is 0 Å². The van der Waals surface area contributed by atoms with Crippen LogP contribution in [0.2, 0.25) is 0 Å². The average molecular weight is 197 g/mol. The molecule has 3 nitrogen and oxygen atoms in total. The van der Waals surface area contributed by atoms with Gasteiger partial charge in [-0.05, 0) is 20.8 Å². The van der Waals surface area contributed by atoms with Gasteiger partial charge in [0.1, 0.15) is 0 Å². The monoisotopic (exact) mass is 197 g/mol. The first-order valence-electron chi connectivity index (χ1n) is 4.99. The first-order chi connectivity index (χ1) is 6.70. The van der Waals surface area contributed by atoms with E-state index in [1.807, 2.05) is 20.8 Å². The summed E-state index contributed by atoms with van der Waals surface area (Å²) in [5, 5.41) is 3.20. The summed E-state index contributed by atoms with van der Waals surface area (Å²) in [7, 11) is 0. The van der Waals surface area contributed by atoms with Crippen molar-refractivity contribution in [1.29, 1.82) is 0 Å². The maximum Gasteiger partial charge on any atom is 0.307 e. The van der Waals surface area contributed by atoms with Crippen LogP contribution < -0.4 is 5.32 Å². The topological polar surface area (TPSA) is 38.3 Å². The summed E-state index contributed by atoms with van der Waals surface area (Å²) in [5.41, 5.74) is 0. The Balaban J connectivity index is 3.47. The number of ether oxygens (including phenoxy) is 1. The Kier molecular flexibility index (Phi) is 7.96. The molecule has 3 heteroatoms. The fourth-order valence-corrected chi connectivity index (χ4v) is 1.05. The molecular formula is C11H19NO2. The molecule has 0 aliphatic heterocycles. The van der Waals surface area contributed by atoms with E-state index in [4.69, 9.17) is 4.74 Å². The number of rotatable bonds is 6. The molecule has 0 aromatic heterocycles. The SMILES string of the molecule is CC#CCCNC(C)CC(=O)OCC. The van der Waals surface area contributed by atoms with E-state index >= 15 is 0 Å². The largest absolute Gasteiger partial charge is 0.466 e. The van der Waals surface area contributed by atoms with Crippen LogP contribution in [0.25, 0.3) is 0 Å². The number of esters is 1. The van der Waals surface area contributed by atoms with E-state index in [9.17, 15) is 4.79 Å². The predicted molar refractivity (Wildman–Crippen MR) is 56.8 cm³/mol. The van der Waals surface area contributed by atoms with Gasteiger partial charge in [0.15, 0.2) is 0 Å². The molecule has 80 valence electrons. The minimum absolute atomic E-state index is 0.144. The first-order valence-corrected chi connectivity index (χ1v) is 4.99. The summed E-state index contributed by atoms with van der Waals surface area (Å²) in [6.45, 7) is 6.87. The van der Waals surface area contributed by atoms with Crippen molar-refractivity contribution in [2.75, 3.05) is 13.2 Å². The van der Waals surface area contributed by atoms with Crippen LogP contribution in [-0.4, -0.2) is 25.2 Å². The van der Waals surface area contributed by atoms with Crippen LogP contribution in [0.5, 0.6) is 0 Å². The summed E-state index contributed by atoms with van der Waals surface area (Å²) in [6.07, 6.45) is 1.25. The van der Waals surface area contributed by atoms with E-state index in [-0.39, 0.29) is 12.0 Å². The Labute approximate surface area is 86.2 Å². The molecule has 0 aromatic carbocycles. The van der Waals surface area contributed by atoms with Crippen molar-refractivity contribution in [2.24, 2.45) is 0 Å². The molecule has 0 spiro atoms. The second kappa shape index (κ2) is 8.58. The fourth-order valence-electron chi connectivity index (χ4n) is 1.05. The third kappa shape index (κ3) is 7.63. The molecule has 0 fully saturated rings. The highest BCUT2D eigenvalue weighted by Crippen LogP contribution is 1.93. The van der Waals surface area contributed by atoms with Gasteiger partial charge in [-0.3, -0.25) is 4.79 Å². The normalized spacial score (nSPS) is 11.4. The van der Waals surface area contributed by atoms with Gasteiger partial charge in [0.2, 0.25) is 0 Å². The number of nitrogens with one attached hydrogen (secondary N) is 1. The third-order valence-corrected chi connectivity index (χ3v) is 1.70. The van der Waals surface area contributed by atoms with Gasteiger partial charge >= 0.3 is 5.97 Å². The van der Waals surface area contributed by atoms with Gasteiger partial charge in [-0.15, -0.1) is 11.8 Å². The molecule has 0 bridgehead atoms. The molecular weight excluding hydrogens is 178 g/mol. The molecule has 0 saturated carbocycles. The highest BCUT2D eigenvalue weighted by molar-refractivity contribution is 5.69. The first kappa shape index (κ1) is 13.0. The van der Waals surface area contributed by atoms with E-state index in [2.05, 4.69) is 17.2 Å². The van der Waals surface area contributed by atoms with Crippen LogP contribution in [0.15, 0.2) is 0 Å². The summed E-state index contributed by atoms with van der Waals surface area (Å²) in [4.78, 5) is 11.1. The molecule has 1 atom stereocenters. The Bertz CT molecular complexity index is 215. The minimum Gasteiger partial charge on any atom is -0.466 e. The highest BCUT2D eigenvalue weighted by Gasteiger charge is 2.07. The zero-order valence-corrected chi connectivity index (χ0v) is 9.22.